The van der Waals surface area contributed by atoms with Gasteiger partial charge in [0.05, 0.1) is 12.5 Å². The SMILES string of the molecule is C[C@@H]1C[C@@H](N(CCC#N)C(=S)Nc2cccc3ccccc23)CC(C)(C)C1. The molecule has 2 atom stereocenters. The van der Waals surface area contributed by atoms with Crippen molar-refractivity contribution in [1.29, 1.82) is 5.26 Å². The van der Waals surface area contributed by atoms with Gasteiger partial charge < -0.3 is 10.2 Å². The monoisotopic (exact) mass is 379 g/mol. The molecule has 0 radical (unpaired) electrons. The zero-order valence-corrected chi connectivity index (χ0v) is 17.4. The Hall–Kier alpha value is -2.12. The number of fused-ring (bicyclic) bond motifs is 1. The van der Waals surface area contributed by atoms with Gasteiger partial charge in [-0.25, -0.2) is 0 Å². The van der Waals surface area contributed by atoms with Crippen molar-refractivity contribution in [2.24, 2.45) is 11.3 Å². The van der Waals surface area contributed by atoms with Gasteiger partial charge in [0.2, 0.25) is 0 Å². The molecule has 3 nitrogen and oxygen atoms in total. The third-order valence-electron chi connectivity index (χ3n) is 5.56. The van der Waals surface area contributed by atoms with E-state index in [2.05, 4.69) is 79.5 Å². The molecular weight excluding hydrogens is 350 g/mol. The molecule has 1 fully saturated rings. The lowest BCUT2D eigenvalue weighted by Gasteiger charge is -2.44. The Morgan fingerprint density at radius 3 is 2.70 bits per heavy atom. The second kappa shape index (κ2) is 8.27. The summed E-state index contributed by atoms with van der Waals surface area (Å²) in [4.78, 5) is 2.26. The van der Waals surface area contributed by atoms with Crippen LogP contribution >= 0.6 is 12.2 Å². The third kappa shape index (κ3) is 4.78. The van der Waals surface area contributed by atoms with E-state index in [9.17, 15) is 0 Å². The molecule has 0 amide bonds. The van der Waals surface area contributed by atoms with Crippen LogP contribution in [0.2, 0.25) is 0 Å². The summed E-state index contributed by atoms with van der Waals surface area (Å²) in [6, 6.07) is 17.2. The number of anilines is 1. The summed E-state index contributed by atoms with van der Waals surface area (Å²) in [5.74, 6) is 0.670. The van der Waals surface area contributed by atoms with Gasteiger partial charge in [-0.05, 0) is 54.3 Å². The van der Waals surface area contributed by atoms with Crippen LogP contribution in [0.15, 0.2) is 42.5 Å². The maximum absolute atomic E-state index is 9.14. The summed E-state index contributed by atoms with van der Waals surface area (Å²) in [5, 5.41) is 15.7. The van der Waals surface area contributed by atoms with E-state index in [0.717, 1.165) is 23.6 Å². The third-order valence-corrected chi connectivity index (χ3v) is 5.90. The number of rotatable bonds is 4. The van der Waals surface area contributed by atoms with Gasteiger partial charge in [-0.15, -0.1) is 0 Å². The molecule has 1 saturated carbocycles. The number of benzene rings is 2. The lowest BCUT2D eigenvalue weighted by Crippen LogP contribution is -2.48. The van der Waals surface area contributed by atoms with Crippen molar-refractivity contribution in [2.75, 3.05) is 11.9 Å². The Morgan fingerprint density at radius 1 is 1.22 bits per heavy atom. The van der Waals surface area contributed by atoms with Crippen LogP contribution in [0.1, 0.15) is 46.5 Å². The average Bonchev–Trinajstić information content (AvgIpc) is 2.61. The lowest BCUT2D eigenvalue weighted by molar-refractivity contribution is 0.108. The molecule has 0 heterocycles. The van der Waals surface area contributed by atoms with Gasteiger partial charge in [-0.2, -0.15) is 5.26 Å². The highest BCUT2D eigenvalue weighted by Crippen LogP contribution is 2.40. The highest BCUT2D eigenvalue weighted by molar-refractivity contribution is 7.80. The van der Waals surface area contributed by atoms with E-state index in [1.807, 2.05) is 0 Å². The number of nitrogens with one attached hydrogen (secondary N) is 1. The molecule has 142 valence electrons. The van der Waals surface area contributed by atoms with E-state index in [1.54, 1.807) is 0 Å². The molecule has 27 heavy (non-hydrogen) atoms. The first-order chi connectivity index (χ1) is 12.9. The van der Waals surface area contributed by atoms with Crippen LogP contribution in [-0.4, -0.2) is 22.6 Å². The van der Waals surface area contributed by atoms with E-state index in [1.165, 1.54) is 17.2 Å². The van der Waals surface area contributed by atoms with Gasteiger partial charge in [0.15, 0.2) is 5.11 Å². The van der Waals surface area contributed by atoms with Gasteiger partial charge >= 0.3 is 0 Å². The molecule has 4 heteroatoms. The fourth-order valence-corrected chi connectivity index (χ4v) is 5.03. The normalized spacial score (nSPS) is 21.4. The van der Waals surface area contributed by atoms with Gasteiger partial charge in [-0.3, -0.25) is 0 Å². The van der Waals surface area contributed by atoms with Crippen molar-refractivity contribution in [2.45, 2.75) is 52.5 Å². The first-order valence-corrected chi connectivity index (χ1v) is 10.2. The summed E-state index contributed by atoms with van der Waals surface area (Å²) in [6.07, 6.45) is 3.98. The van der Waals surface area contributed by atoms with Gasteiger partial charge in [0, 0.05) is 23.7 Å². The fraction of sp³-hybridized carbons (Fsp3) is 0.478. The Morgan fingerprint density at radius 2 is 1.96 bits per heavy atom. The zero-order chi connectivity index (χ0) is 19.4. The van der Waals surface area contributed by atoms with E-state index in [4.69, 9.17) is 17.5 Å². The molecule has 1 aliphatic rings. The van der Waals surface area contributed by atoms with Crippen LogP contribution in [0, 0.1) is 22.7 Å². The highest BCUT2D eigenvalue weighted by atomic mass is 32.1. The quantitative estimate of drug-likeness (QED) is 0.665. The number of hydrogen-bond acceptors (Lipinski definition) is 2. The van der Waals surface area contributed by atoms with Crippen LogP contribution in [0.4, 0.5) is 5.69 Å². The maximum Gasteiger partial charge on any atom is 0.173 e. The number of thiocarbonyl (C=S) groups is 1. The molecular formula is C23H29N3S. The van der Waals surface area contributed by atoms with Crippen molar-refractivity contribution in [1.82, 2.24) is 4.90 Å². The minimum atomic E-state index is 0.308. The summed E-state index contributed by atoms with van der Waals surface area (Å²) in [7, 11) is 0. The van der Waals surface area contributed by atoms with Gasteiger partial charge in [0.25, 0.3) is 0 Å². The molecule has 0 unspecified atom stereocenters. The Labute approximate surface area is 168 Å². The largest absolute Gasteiger partial charge is 0.345 e. The van der Waals surface area contributed by atoms with Crippen molar-refractivity contribution in [3.63, 3.8) is 0 Å². The second-order valence-electron chi connectivity index (χ2n) is 8.63. The summed E-state index contributed by atoms with van der Waals surface area (Å²) in [6.45, 7) is 7.71. The minimum absolute atomic E-state index is 0.308. The van der Waals surface area contributed by atoms with Crippen molar-refractivity contribution in [3.8, 4) is 6.07 Å². The lowest BCUT2D eigenvalue weighted by atomic mass is 9.70. The molecule has 1 N–H and O–H groups in total. The first-order valence-electron chi connectivity index (χ1n) is 9.82. The van der Waals surface area contributed by atoms with E-state index >= 15 is 0 Å². The standard InChI is InChI=1S/C23H29N3S/c1-17-14-19(16-23(2,3)15-17)26(13-7-12-24)22(27)25-21-11-6-9-18-8-4-5-10-20(18)21/h4-6,8-11,17,19H,7,13-16H2,1-3H3,(H,25,27)/t17-,19-/m1/s1. The van der Waals surface area contributed by atoms with Gasteiger partial charge in [0.1, 0.15) is 0 Å². The van der Waals surface area contributed by atoms with Crippen LogP contribution in [0.25, 0.3) is 10.8 Å². The highest BCUT2D eigenvalue weighted by Gasteiger charge is 2.35. The Balaban J connectivity index is 1.84. The summed E-state index contributed by atoms with van der Waals surface area (Å²) < 4.78 is 0. The van der Waals surface area contributed by atoms with Crippen LogP contribution in [-0.2, 0) is 0 Å². The van der Waals surface area contributed by atoms with E-state index < -0.39 is 0 Å². The molecule has 1 aliphatic carbocycles. The average molecular weight is 380 g/mol. The maximum atomic E-state index is 9.14. The predicted molar refractivity (Wildman–Crippen MR) is 118 cm³/mol. The van der Waals surface area contributed by atoms with E-state index in [-0.39, 0.29) is 0 Å². The smallest absolute Gasteiger partial charge is 0.173 e. The molecule has 0 aliphatic heterocycles. The molecule has 3 rings (SSSR count). The molecule has 0 spiro atoms. The number of nitrogens with zero attached hydrogens (tertiary/aromatic N) is 2. The molecule has 0 saturated heterocycles. The molecule has 2 aromatic rings. The topological polar surface area (TPSA) is 39.1 Å². The fourth-order valence-electron chi connectivity index (χ4n) is 4.67. The van der Waals surface area contributed by atoms with E-state index in [0.29, 0.717) is 30.3 Å². The van der Waals surface area contributed by atoms with Crippen LogP contribution in [0.5, 0.6) is 0 Å². The Kier molecular flexibility index (Phi) is 6.01. The van der Waals surface area contributed by atoms with Gasteiger partial charge in [-0.1, -0.05) is 57.2 Å². The summed E-state index contributed by atoms with van der Waals surface area (Å²) >= 11 is 5.83. The molecule has 0 aromatic heterocycles. The van der Waals surface area contributed by atoms with Crippen molar-refractivity contribution < 1.29 is 0 Å². The minimum Gasteiger partial charge on any atom is -0.345 e. The van der Waals surface area contributed by atoms with Crippen LogP contribution in [0.3, 0.4) is 0 Å². The predicted octanol–water partition coefficient (Wildman–Crippen LogP) is 5.97. The van der Waals surface area contributed by atoms with Crippen molar-refractivity contribution in [3.05, 3.63) is 42.5 Å². The Bertz CT molecular complexity index is 847. The first kappa shape index (κ1) is 19.6. The van der Waals surface area contributed by atoms with Crippen molar-refractivity contribution >= 4 is 33.8 Å². The zero-order valence-electron chi connectivity index (χ0n) is 16.5. The summed E-state index contributed by atoms with van der Waals surface area (Å²) in [5.41, 5.74) is 1.34. The van der Waals surface area contributed by atoms with Crippen LogP contribution < -0.4 is 5.32 Å². The molecule has 0 bridgehead atoms. The second-order valence-corrected chi connectivity index (χ2v) is 9.01. The number of hydrogen-bond donors (Lipinski definition) is 1. The number of nitriles is 1. The molecule has 2 aromatic carbocycles.